The molecule has 0 spiro atoms. The Balaban J connectivity index is 2.58. The van der Waals surface area contributed by atoms with Crippen LogP contribution in [0.3, 0.4) is 0 Å². The Hall–Kier alpha value is -1.53. The van der Waals surface area contributed by atoms with Crippen molar-refractivity contribution < 1.29 is 9.13 Å². The van der Waals surface area contributed by atoms with Crippen molar-refractivity contribution in [3.05, 3.63) is 29.6 Å². The van der Waals surface area contributed by atoms with Crippen molar-refractivity contribution in [1.29, 1.82) is 0 Å². The van der Waals surface area contributed by atoms with E-state index in [2.05, 4.69) is 11.8 Å². The van der Waals surface area contributed by atoms with Crippen LogP contribution in [0.5, 0.6) is 5.75 Å². The second-order valence-corrected chi connectivity index (χ2v) is 4.16. The van der Waals surface area contributed by atoms with E-state index in [0.29, 0.717) is 19.4 Å². The summed E-state index contributed by atoms with van der Waals surface area (Å²) >= 11 is 0. The van der Waals surface area contributed by atoms with E-state index in [1.807, 2.05) is 13.0 Å². The quantitative estimate of drug-likeness (QED) is 0.621. The molecule has 0 aliphatic rings. The standard InChI is InChI=1S/C15H20FNO/c1-3-5-6-9-18-15-8-7-12(11-14(15)16)10-13(17)4-2/h7-8,11,13H,4,6,9-10,17H2,1-2H3. The van der Waals surface area contributed by atoms with Gasteiger partial charge in [0.2, 0.25) is 0 Å². The average molecular weight is 249 g/mol. The van der Waals surface area contributed by atoms with Crippen LogP contribution >= 0.6 is 0 Å². The van der Waals surface area contributed by atoms with Gasteiger partial charge in [-0.15, -0.1) is 11.8 Å². The molecule has 0 saturated heterocycles. The highest BCUT2D eigenvalue weighted by molar-refractivity contribution is 5.29. The summed E-state index contributed by atoms with van der Waals surface area (Å²) in [5.74, 6) is 5.58. The minimum Gasteiger partial charge on any atom is -0.490 e. The summed E-state index contributed by atoms with van der Waals surface area (Å²) < 4.78 is 19.0. The van der Waals surface area contributed by atoms with E-state index >= 15 is 0 Å². The molecule has 3 heteroatoms. The Morgan fingerprint density at radius 1 is 1.44 bits per heavy atom. The molecule has 0 radical (unpaired) electrons. The van der Waals surface area contributed by atoms with Crippen LogP contribution in [0, 0.1) is 17.7 Å². The van der Waals surface area contributed by atoms with Gasteiger partial charge < -0.3 is 10.5 Å². The number of nitrogens with two attached hydrogens (primary N) is 1. The summed E-state index contributed by atoms with van der Waals surface area (Å²) in [5.41, 5.74) is 6.74. The van der Waals surface area contributed by atoms with Gasteiger partial charge in [-0.05, 0) is 37.5 Å². The van der Waals surface area contributed by atoms with Crippen molar-refractivity contribution in [3.8, 4) is 17.6 Å². The van der Waals surface area contributed by atoms with Gasteiger partial charge in [0.05, 0.1) is 6.61 Å². The molecular weight excluding hydrogens is 229 g/mol. The number of ether oxygens (including phenoxy) is 1. The van der Waals surface area contributed by atoms with Gasteiger partial charge in [0.25, 0.3) is 0 Å². The first kappa shape index (κ1) is 14.5. The molecule has 1 rings (SSSR count). The van der Waals surface area contributed by atoms with Crippen LogP contribution in [0.4, 0.5) is 4.39 Å². The van der Waals surface area contributed by atoms with E-state index in [1.165, 1.54) is 6.07 Å². The van der Waals surface area contributed by atoms with Crippen molar-refractivity contribution >= 4 is 0 Å². The largest absolute Gasteiger partial charge is 0.490 e. The zero-order valence-electron chi connectivity index (χ0n) is 11.0. The molecule has 98 valence electrons. The van der Waals surface area contributed by atoms with Crippen LogP contribution in [-0.2, 0) is 6.42 Å². The molecule has 1 aromatic carbocycles. The fraction of sp³-hybridized carbons (Fsp3) is 0.467. The van der Waals surface area contributed by atoms with Crippen molar-refractivity contribution in [2.75, 3.05) is 6.61 Å². The summed E-state index contributed by atoms with van der Waals surface area (Å²) in [6.07, 6.45) is 2.18. The van der Waals surface area contributed by atoms with Crippen molar-refractivity contribution in [2.24, 2.45) is 5.73 Å². The SMILES string of the molecule is CC#CCCOc1ccc(CC(N)CC)cc1F. The third-order valence-electron chi connectivity index (χ3n) is 2.68. The van der Waals surface area contributed by atoms with Crippen molar-refractivity contribution in [3.63, 3.8) is 0 Å². The summed E-state index contributed by atoms with van der Waals surface area (Å²) in [4.78, 5) is 0. The Kier molecular flexibility index (Phi) is 6.24. The van der Waals surface area contributed by atoms with Crippen LogP contribution in [0.25, 0.3) is 0 Å². The molecule has 1 unspecified atom stereocenters. The molecule has 2 N–H and O–H groups in total. The van der Waals surface area contributed by atoms with Crippen molar-refractivity contribution in [1.82, 2.24) is 0 Å². The van der Waals surface area contributed by atoms with Gasteiger partial charge in [0.15, 0.2) is 11.6 Å². The zero-order valence-corrected chi connectivity index (χ0v) is 11.0. The molecule has 0 heterocycles. The van der Waals surface area contributed by atoms with Gasteiger partial charge in [-0.1, -0.05) is 13.0 Å². The third-order valence-corrected chi connectivity index (χ3v) is 2.68. The average Bonchev–Trinajstić information content (AvgIpc) is 2.36. The number of benzene rings is 1. The zero-order chi connectivity index (χ0) is 13.4. The van der Waals surface area contributed by atoms with Crippen LogP contribution in [0.1, 0.15) is 32.3 Å². The monoisotopic (exact) mass is 249 g/mol. The molecule has 2 nitrogen and oxygen atoms in total. The molecule has 1 aromatic rings. The summed E-state index contributed by atoms with van der Waals surface area (Å²) in [6.45, 7) is 4.20. The van der Waals surface area contributed by atoms with E-state index in [-0.39, 0.29) is 17.6 Å². The number of hydrogen-bond acceptors (Lipinski definition) is 2. The molecule has 0 aromatic heterocycles. The normalized spacial score (nSPS) is 11.6. The van der Waals surface area contributed by atoms with Crippen LogP contribution in [0.15, 0.2) is 18.2 Å². The van der Waals surface area contributed by atoms with Gasteiger partial charge in [-0.3, -0.25) is 0 Å². The predicted molar refractivity (Wildman–Crippen MR) is 71.9 cm³/mol. The Morgan fingerprint density at radius 3 is 2.83 bits per heavy atom. The molecule has 0 fully saturated rings. The van der Waals surface area contributed by atoms with Gasteiger partial charge in [-0.25, -0.2) is 4.39 Å². The molecule has 0 aliphatic carbocycles. The lowest BCUT2D eigenvalue weighted by Gasteiger charge is -2.10. The lowest BCUT2D eigenvalue weighted by molar-refractivity contribution is 0.309. The molecule has 0 aliphatic heterocycles. The first-order valence-electron chi connectivity index (χ1n) is 6.23. The Bertz CT molecular complexity index is 434. The fourth-order valence-electron chi connectivity index (χ4n) is 1.57. The smallest absolute Gasteiger partial charge is 0.165 e. The Labute approximate surface area is 108 Å². The van der Waals surface area contributed by atoms with Crippen LogP contribution in [0.2, 0.25) is 0 Å². The first-order chi connectivity index (χ1) is 8.67. The highest BCUT2D eigenvalue weighted by atomic mass is 19.1. The van der Waals surface area contributed by atoms with Gasteiger partial charge in [-0.2, -0.15) is 0 Å². The van der Waals surface area contributed by atoms with Gasteiger partial charge in [0.1, 0.15) is 0 Å². The number of hydrogen-bond donors (Lipinski definition) is 1. The summed E-state index contributed by atoms with van der Waals surface area (Å²) in [7, 11) is 0. The minimum absolute atomic E-state index is 0.0796. The maximum Gasteiger partial charge on any atom is 0.165 e. The predicted octanol–water partition coefficient (Wildman–Crippen LogP) is 2.90. The van der Waals surface area contributed by atoms with E-state index in [0.717, 1.165) is 12.0 Å². The fourth-order valence-corrected chi connectivity index (χ4v) is 1.57. The Morgan fingerprint density at radius 2 is 2.22 bits per heavy atom. The van der Waals surface area contributed by atoms with E-state index in [9.17, 15) is 4.39 Å². The topological polar surface area (TPSA) is 35.2 Å². The minimum atomic E-state index is -0.333. The lowest BCUT2D eigenvalue weighted by Crippen LogP contribution is -2.21. The maximum atomic E-state index is 13.7. The summed E-state index contributed by atoms with van der Waals surface area (Å²) in [5, 5.41) is 0. The van der Waals surface area contributed by atoms with Gasteiger partial charge >= 0.3 is 0 Å². The lowest BCUT2D eigenvalue weighted by atomic mass is 10.0. The summed E-state index contributed by atoms with van der Waals surface area (Å²) in [6, 6.07) is 5.10. The van der Waals surface area contributed by atoms with Crippen LogP contribution < -0.4 is 10.5 Å². The number of halogens is 1. The molecule has 1 atom stereocenters. The highest BCUT2D eigenvalue weighted by Crippen LogP contribution is 2.19. The first-order valence-corrected chi connectivity index (χ1v) is 6.23. The number of rotatable bonds is 6. The maximum absolute atomic E-state index is 13.7. The van der Waals surface area contributed by atoms with E-state index in [4.69, 9.17) is 10.5 Å². The van der Waals surface area contributed by atoms with Crippen LogP contribution in [-0.4, -0.2) is 12.6 Å². The van der Waals surface area contributed by atoms with E-state index < -0.39 is 0 Å². The highest BCUT2D eigenvalue weighted by Gasteiger charge is 2.07. The second-order valence-electron chi connectivity index (χ2n) is 4.16. The molecule has 0 amide bonds. The third kappa shape index (κ3) is 4.77. The van der Waals surface area contributed by atoms with Crippen molar-refractivity contribution in [2.45, 2.75) is 39.2 Å². The molecular formula is C15H20FNO. The van der Waals surface area contributed by atoms with E-state index in [1.54, 1.807) is 13.0 Å². The second kappa shape index (κ2) is 7.73. The molecule has 18 heavy (non-hydrogen) atoms. The molecule has 0 bridgehead atoms. The van der Waals surface area contributed by atoms with Gasteiger partial charge in [0, 0.05) is 12.5 Å². The molecule has 0 saturated carbocycles.